The number of fused-ring (bicyclic) bond motifs is 2. The molecule has 0 bridgehead atoms. The smallest absolute Gasteiger partial charge is 0.160 e. The van der Waals surface area contributed by atoms with Crippen LogP contribution in [0.4, 0.5) is 0 Å². The van der Waals surface area contributed by atoms with E-state index in [1.54, 1.807) is 0 Å². The number of amidine groups is 2. The van der Waals surface area contributed by atoms with Crippen LogP contribution in [-0.2, 0) is 0 Å². The third-order valence-electron chi connectivity index (χ3n) is 5.41. The quantitative estimate of drug-likeness (QED) is 0.742. The highest BCUT2D eigenvalue weighted by Crippen LogP contribution is 2.32. The first kappa shape index (κ1) is 18.1. The number of benzene rings is 2. The van der Waals surface area contributed by atoms with E-state index in [4.69, 9.17) is 9.98 Å². The molecule has 28 heavy (non-hydrogen) atoms. The average Bonchev–Trinajstić information content (AvgIpc) is 3.50. The Kier molecular flexibility index (Phi) is 5.32. The third-order valence-corrected chi connectivity index (χ3v) is 7.43. The van der Waals surface area contributed by atoms with Gasteiger partial charge < -0.3 is 9.80 Å². The van der Waals surface area contributed by atoms with E-state index in [0.29, 0.717) is 12.1 Å². The van der Waals surface area contributed by atoms with Crippen LogP contribution >= 0.6 is 23.5 Å². The predicted molar refractivity (Wildman–Crippen MR) is 121 cm³/mol. The third kappa shape index (κ3) is 3.80. The van der Waals surface area contributed by atoms with E-state index < -0.39 is 0 Å². The lowest BCUT2D eigenvalue weighted by molar-refractivity contribution is 0.464. The molecule has 0 N–H and O–H groups in total. The molecule has 0 aliphatic carbocycles. The maximum absolute atomic E-state index is 4.73. The molecule has 0 unspecified atom stereocenters. The van der Waals surface area contributed by atoms with Crippen LogP contribution in [0.2, 0.25) is 0 Å². The van der Waals surface area contributed by atoms with E-state index in [9.17, 15) is 0 Å². The molecule has 2 saturated heterocycles. The van der Waals surface area contributed by atoms with Crippen molar-refractivity contribution in [2.45, 2.75) is 12.1 Å². The first-order chi connectivity index (χ1) is 13.9. The first-order valence-corrected chi connectivity index (χ1v) is 11.8. The van der Waals surface area contributed by atoms with Crippen LogP contribution in [0, 0.1) is 0 Å². The van der Waals surface area contributed by atoms with Crippen molar-refractivity contribution < 1.29 is 0 Å². The van der Waals surface area contributed by atoms with Crippen LogP contribution in [0.15, 0.2) is 70.6 Å². The Labute approximate surface area is 175 Å². The molecule has 6 heteroatoms. The van der Waals surface area contributed by atoms with Gasteiger partial charge in [0.2, 0.25) is 0 Å². The largest absolute Gasteiger partial charge is 0.348 e. The molecule has 144 valence electrons. The number of rotatable bonds is 2. The lowest BCUT2D eigenvalue weighted by Crippen LogP contribution is -2.21. The van der Waals surface area contributed by atoms with Crippen molar-refractivity contribution in [1.29, 1.82) is 0 Å². The first-order valence-electron chi connectivity index (χ1n) is 9.88. The molecule has 0 radical (unpaired) electrons. The summed E-state index contributed by atoms with van der Waals surface area (Å²) in [6.45, 7) is 4.50. The zero-order chi connectivity index (χ0) is 18.8. The number of thioether (sulfide) groups is 2. The summed E-state index contributed by atoms with van der Waals surface area (Å²) in [6, 6.07) is 21.9. The summed E-state index contributed by atoms with van der Waals surface area (Å²) in [5.41, 5.74) is 2.69. The maximum atomic E-state index is 4.73. The highest BCUT2D eigenvalue weighted by molar-refractivity contribution is 8.14. The van der Waals surface area contributed by atoms with Gasteiger partial charge in [-0.15, -0.1) is 0 Å². The van der Waals surface area contributed by atoms with E-state index in [-0.39, 0.29) is 0 Å². The fraction of sp³-hybridized carbons (Fsp3) is 0.364. The van der Waals surface area contributed by atoms with Gasteiger partial charge in [-0.1, -0.05) is 84.2 Å². The second kappa shape index (κ2) is 8.21. The van der Waals surface area contributed by atoms with Crippen LogP contribution in [0.25, 0.3) is 0 Å². The number of hydrogen-bond donors (Lipinski definition) is 0. The van der Waals surface area contributed by atoms with Crippen molar-refractivity contribution >= 4 is 33.9 Å². The van der Waals surface area contributed by atoms with Crippen molar-refractivity contribution in [3.63, 3.8) is 0 Å². The molecule has 2 atom stereocenters. The predicted octanol–water partition coefficient (Wildman–Crippen LogP) is 4.29. The van der Waals surface area contributed by atoms with Gasteiger partial charge in [0.15, 0.2) is 10.3 Å². The van der Waals surface area contributed by atoms with Crippen molar-refractivity contribution in [2.24, 2.45) is 9.98 Å². The Bertz CT molecular complexity index is 795. The molecule has 6 rings (SSSR count). The minimum atomic E-state index is 0.374. The van der Waals surface area contributed by atoms with Gasteiger partial charge in [0, 0.05) is 37.7 Å². The zero-order valence-corrected chi connectivity index (χ0v) is 17.4. The number of aliphatic imine (C=N–C) groups is 2. The Balaban J connectivity index is 0.000000122. The highest BCUT2D eigenvalue weighted by Gasteiger charge is 2.30. The standard InChI is InChI=1S/2C11H12N2S/c2*1-2-4-9(5-3-1)10-8-13-6-7-14-11(13)12-10/h2*1-5,10H,6-8H2/t2*10-/m11/s1. The van der Waals surface area contributed by atoms with E-state index in [1.807, 2.05) is 23.5 Å². The summed E-state index contributed by atoms with van der Waals surface area (Å²) in [5.74, 6) is 2.42. The monoisotopic (exact) mass is 408 g/mol. The van der Waals surface area contributed by atoms with E-state index in [0.717, 1.165) is 13.1 Å². The van der Waals surface area contributed by atoms with Crippen LogP contribution in [0.5, 0.6) is 0 Å². The normalized spacial score (nSPS) is 25.0. The second-order valence-corrected chi connectivity index (χ2v) is 9.39. The molecule has 0 saturated carbocycles. The molecule has 0 spiro atoms. The summed E-state index contributed by atoms with van der Waals surface area (Å²) in [6.07, 6.45) is 0. The van der Waals surface area contributed by atoms with Crippen molar-refractivity contribution in [1.82, 2.24) is 9.80 Å². The second-order valence-electron chi connectivity index (χ2n) is 7.27. The molecule has 0 amide bonds. The van der Waals surface area contributed by atoms with Gasteiger partial charge >= 0.3 is 0 Å². The lowest BCUT2D eigenvalue weighted by atomic mass is 10.1. The Hall–Kier alpha value is -1.92. The van der Waals surface area contributed by atoms with Crippen molar-refractivity contribution in [2.75, 3.05) is 37.7 Å². The Morgan fingerprint density at radius 2 is 1.07 bits per heavy atom. The minimum Gasteiger partial charge on any atom is -0.348 e. The fourth-order valence-electron chi connectivity index (χ4n) is 3.92. The lowest BCUT2D eigenvalue weighted by Gasteiger charge is -2.12. The minimum absolute atomic E-state index is 0.374. The molecule has 2 fully saturated rings. The SMILES string of the molecule is c1ccc([C@H]2CN3CCSC3=N2)cc1.c1ccc([C@H]2CN3CCSC3=N2)cc1. The van der Waals surface area contributed by atoms with Crippen LogP contribution in [0.1, 0.15) is 23.2 Å². The maximum Gasteiger partial charge on any atom is 0.160 e. The molecule has 0 aromatic heterocycles. The van der Waals surface area contributed by atoms with E-state index in [2.05, 4.69) is 70.5 Å². The molecular weight excluding hydrogens is 384 g/mol. The van der Waals surface area contributed by atoms with Crippen LogP contribution < -0.4 is 0 Å². The summed E-state index contributed by atoms with van der Waals surface area (Å²) < 4.78 is 0. The molecule has 4 heterocycles. The van der Waals surface area contributed by atoms with E-state index >= 15 is 0 Å². The number of hydrogen-bond acceptors (Lipinski definition) is 6. The van der Waals surface area contributed by atoms with E-state index in [1.165, 1.54) is 46.1 Å². The summed E-state index contributed by atoms with van der Waals surface area (Å²) >= 11 is 3.77. The molecule has 4 aliphatic rings. The molecule has 4 aliphatic heterocycles. The van der Waals surface area contributed by atoms with Crippen molar-refractivity contribution in [3.05, 3.63) is 71.8 Å². The van der Waals surface area contributed by atoms with Gasteiger partial charge in [-0.05, 0) is 11.1 Å². The van der Waals surface area contributed by atoms with Crippen LogP contribution in [-0.4, -0.2) is 57.8 Å². The molecule has 2 aromatic carbocycles. The highest BCUT2D eigenvalue weighted by atomic mass is 32.2. The summed E-state index contributed by atoms with van der Waals surface area (Å²) in [7, 11) is 0. The van der Waals surface area contributed by atoms with Gasteiger partial charge in [-0.3, -0.25) is 9.98 Å². The number of nitrogens with zero attached hydrogens (tertiary/aromatic N) is 4. The summed E-state index contributed by atoms with van der Waals surface area (Å²) in [5, 5.41) is 2.50. The van der Waals surface area contributed by atoms with Gasteiger partial charge in [0.25, 0.3) is 0 Å². The topological polar surface area (TPSA) is 31.2 Å². The zero-order valence-electron chi connectivity index (χ0n) is 15.8. The van der Waals surface area contributed by atoms with Gasteiger partial charge in [0.05, 0.1) is 12.1 Å². The van der Waals surface area contributed by atoms with Gasteiger partial charge in [0.1, 0.15) is 0 Å². The Morgan fingerprint density at radius 1 is 0.643 bits per heavy atom. The van der Waals surface area contributed by atoms with Gasteiger partial charge in [-0.2, -0.15) is 0 Å². The molecular formula is C22H24N4S2. The van der Waals surface area contributed by atoms with Gasteiger partial charge in [-0.25, -0.2) is 0 Å². The summed E-state index contributed by atoms with van der Waals surface area (Å²) in [4.78, 5) is 14.2. The molecule has 4 nitrogen and oxygen atoms in total. The van der Waals surface area contributed by atoms with Crippen molar-refractivity contribution in [3.8, 4) is 0 Å². The van der Waals surface area contributed by atoms with Crippen LogP contribution in [0.3, 0.4) is 0 Å². The molecule has 2 aromatic rings. The average molecular weight is 409 g/mol. The fourth-order valence-corrected chi connectivity index (χ4v) is 6.01. The Morgan fingerprint density at radius 3 is 1.46 bits per heavy atom.